The SMILES string of the molecule is CC(O)CN(C)CC(=O)c1cccc([N+](=O)[O-])c1. The normalized spacial score (nSPS) is 12.4. The fraction of sp³-hybridized carbons (Fsp3) is 0.417. The van der Waals surface area contributed by atoms with E-state index in [1.165, 1.54) is 18.2 Å². The molecule has 0 aliphatic carbocycles. The van der Waals surface area contributed by atoms with Gasteiger partial charge in [0.15, 0.2) is 5.78 Å². The fourth-order valence-electron chi connectivity index (χ4n) is 1.64. The molecule has 6 heteroatoms. The topological polar surface area (TPSA) is 83.7 Å². The third-order valence-corrected chi connectivity index (χ3v) is 2.37. The molecular formula is C12H16N2O4. The Morgan fingerprint density at radius 1 is 1.56 bits per heavy atom. The van der Waals surface area contributed by atoms with Crippen LogP contribution in [0, 0.1) is 10.1 Å². The van der Waals surface area contributed by atoms with Crippen molar-refractivity contribution in [3.63, 3.8) is 0 Å². The smallest absolute Gasteiger partial charge is 0.270 e. The second-order valence-corrected chi connectivity index (χ2v) is 4.28. The monoisotopic (exact) mass is 252 g/mol. The fourth-order valence-corrected chi connectivity index (χ4v) is 1.64. The van der Waals surface area contributed by atoms with Crippen molar-refractivity contribution in [1.82, 2.24) is 4.90 Å². The first-order valence-electron chi connectivity index (χ1n) is 5.54. The lowest BCUT2D eigenvalue weighted by molar-refractivity contribution is -0.384. The highest BCUT2D eigenvalue weighted by molar-refractivity contribution is 5.98. The molecule has 0 bridgehead atoms. The van der Waals surface area contributed by atoms with Crippen molar-refractivity contribution in [3.8, 4) is 0 Å². The molecule has 98 valence electrons. The molecule has 1 N–H and O–H groups in total. The number of benzene rings is 1. The van der Waals surface area contributed by atoms with E-state index >= 15 is 0 Å². The van der Waals surface area contributed by atoms with Gasteiger partial charge in [0, 0.05) is 24.2 Å². The number of nitro groups is 1. The molecular weight excluding hydrogens is 236 g/mol. The number of Topliss-reactive ketones (excluding diaryl/α,β-unsaturated/α-hetero) is 1. The van der Waals surface area contributed by atoms with Crippen molar-refractivity contribution in [2.45, 2.75) is 13.0 Å². The van der Waals surface area contributed by atoms with Crippen LogP contribution >= 0.6 is 0 Å². The first-order chi connectivity index (χ1) is 8.40. The van der Waals surface area contributed by atoms with Gasteiger partial charge in [0.1, 0.15) is 0 Å². The summed E-state index contributed by atoms with van der Waals surface area (Å²) in [6.45, 7) is 2.13. The van der Waals surface area contributed by atoms with Crippen molar-refractivity contribution in [3.05, 3.63) is 39.9 Å². The van der Waals surface area contributed by atoms with Gasteiger partial charge in [-0.3, -0.25) is 19.8 Å². The largest absolute Gasteiger partial charge is 0.392 e. The molecule has 0 aromatic heterocycles. The van der Waals surface area contributed by atoms with Crippen molar-refractivity contribution < 1.29 is 14.8 Å². The lowest BCUT2D eigenvalue weighted by Crippen LogP contribution is -2.32. The molecule has 0 spiro atoms. The summed E-state index contributed by atoms with van der Waals surface area (Å²) in [5.74, 6) is -0.207. The summed E-state index contributed by atoms with van der Waals surface area (Å²) >= 11 is 0. The van der Waals surface area contributed by atoms with Crippen LogP contribution in [0.15, 0.2) is 24.3 Å². The van der Waals surface area contributed by atoms with Gasteiger partial charge in [-0.2, -0.15) is 0 Å². The number of rotatable bonds is 6. The summed E-state index contributed by atoms with van der Waals surface area (Å²) in [6, 6.07) is 5.64. The molecule has 1 unspecified atom stereocenters. The van der Waals surface area contributed by atoms with Gasteiger partial charge in [0.25, 0.3) is 5.69 Å². The van der Waals surface area contributed by atoms with Crippen LogP contribution in [0.2, 0.25) is 0 Å². The molecule has 1 atom stereocenters. The summed E-state index contributed by atoms with van der Waals surface area (Å²) < 4.78 is 0. The molecule has 0 aliphatic rings. The van der Waals surface area contributed by atoms with Gasteiger partial charge < -0.3 is 5.11 Å². The maximum Gasteiger partial charge on any atom is 0.270 e. The average molecular weight is 252 g/mol. The van der Waals surface area contributed by atoms with Gasteiger partial charge in [-0.1, -0.05) is 12.1 Å². The number of hydrogen-bond donors (Lipinski definition) is 1. The van der Waals surface area contributed by atoms with Gasteiger partial charge in [-0.25, -0.2) is 0 Å². The van der Waals surface area contributed by atoms with Crippen LogP contribution < -0.4 is 0 Å². The Labute approximate surface area is 105 Å². The lowest BCUT2D eigenvalue weighted by atomic mass is 10.1. The van der Waals surface area contributed by atoms with Crippen molar-refractivity contribution in [2.75, 3.05) is 20.1 Å². The van der Waals surface area contributed by atoms with Gasteiger partial charge in [0.05, 0.1) is 17.6 Å². The standard InChI is InChI=1S/C12H16N2O4/c1-9(15)7-13(2)8-12(16)10-4-3-5-11(6-10)14(17)18/h3-6,9,15H,7-8H2,1-2H3. The maximum atomic E-state index is 11.9. The zero-order chi connectivity index (χ0) is 13.7. The minimum Gasteiger partial charge on any atom is -0.392 e. The first-order valence-corrected chi connectivity index (χ1v) is 5.54. The number of aliphatic hydroxyl groups is 1. The number of carbonyl (C=O) groups excluding carboxylic acids is 1. The van der Waals surface area contributed by atoms with Gasteiger partial charge in [-0.15, -0.1) is 0 Å². The number of carbonyl (C=O) groups is 1. The lowest BCUT2D eigenvalue weighted by Gasteiger charge is -2.17. The summed E-state index contributed by atoms with van der Waals surface area (Å²) in [5.41, 5.74) is 0.209. The Hall–Kier alpha value is -1.79. The van der Waals surface area contributed by atoms with E-state index in [2.05, 4.69) is 0 Å². The van der Waals surface area contributed by atoms with Crippen molar-refractivity contribution in [2.24, 2.45) is 0 Å². The van der Waals surface area contributed by atoms with Crippen LogP contribution in [0.3, 0.4) is 0 Å². The van der Waals surface area contributed by atoms with Crippen molar-refractivity contribution >= 4 is 11.5 Å². The maximum absolute atomic E-state index is 11.9. The van der Waals surface area contributed by atoms with E-state index in [4.69, 9.17) is 0 Å². The highest BCUT2D eigenvalue weighted by Crippen LogP contribution is 2.13. The predicted octanol–water partition coefficient (Wildman–Crippen LogP) is 1.09. The molecule has 0 saturated carbocycles. The molecule has 1 rings (SSSR count). The number of aliphatic hydroxyl groups excluding tert-OH is 1. The Morgan fingerprint density at radius 3 is 2.78 bits per heavy atom. The molecule has 0 radical (unpaired) electrons. The molecule has 0 saturated heterocycles. The van der Waals surface area contributed by atoms with Crippen molar-refractivity contribution in [1.29, 1.82) is 0 Å². The number of non-ortho nitro benzene ring substituents is 1. The zero-order valence-corrected chi connectivity index (χ0v) is 10.4. The number of ketones is 1. The Balaban J connectivity index is 2.72. The van der Waals surface area contributed by atoms with E-state index in [0.29, 0.717) is 12.1 Å². The van der Waals surface area contributed by atoms with E-state index in [9.17, 15) is 20.0 Å². The van der Waals surface area contributed by atoms with E-state index in [1.807, 2.05) is 0 Å². The molecule has 0 heterocycles. The molecule has 0 amide bonds. The Morgan fingerprint density at radius 2 is 2.22 bits per heavy atom. The molecule has 0 aliphatic heterocycles. The summed E-state index contributed by atoms with van der Waals surface area (Å²) in [7, 11) is 1.71. The highest BCUT2D eigenvalue weighted by atomic mass is 16.6. The molecule has 0 fully saturated rings. The van der Waals surface area contributed by atoms with E-state index in [1.54, 1.807) is 24.9 Å². The summed E-state index contributed by atoms with van der Waals surface area (Å²) in [6.07, 6.45) is -0.520. The summed E-state index contributed by atoms with van der Waals surface area (Å²) in [4.78, 5) is 23.6. The van der Waals surface area contributed by atoms with Crippen LogP contribution in [0.4, 0.5) is 5.69 Å². The van der Waals surface area contributed by atoms with Crippen LogP contribution in [-0.2, 0) is 0 Å². The third kappa shape index (κ3) is 4.23. The predicted molar refractivity (Wildman–Crippen MR) is 66.6 cm³/mol. The minimum absolute atomic E-state index is 0.0981. The Kier molecular flexibility index (Phi) is 4.94. The summed E-state index contributed by atoms with van der Waals surface area (Å²) in [5, 5.41) is 19.8. The quantitative estimate of drug-likeness (QED) is 0.465. The molecule has 18 heavy (non-hydrogen) atoms. The molecule has 6 nitrogen and oxygen atoms in total. The van der Waals surface area contributed by atoms with Crippen LogP contribution in [0.5, 0.6) is 0 Å². The number of nitro benzene ring substituents is 1. The van der Waals surface area contributed by atoms with E-state index in [-0.39, 0.29) is 18.0 Å². The minimum atomic E-state index is -0.531. The van der Waals surface area contributed by atoms with Gasteiger partial charge in [0.2, 0.25) is 0 Å². The molecule has 1 aromatic carbocycles. The van der Waals surface area contributed by atoms with Crippen LogP contribution in [0.1, 0.15) is 17.3 Å². The zero-order valence-electron chi connectivity index (χ0n) is 10.4. The molecule has 1 aromatic rings. The second kappa shape index (κ2) is 6.23. The van der Waals surface area contributed by atoms with Gasteiger partial charge in [-0.05, 0) is 14.0 Å². The van der Waals surface area contributed by atoms with Crippen LogP contribution in [-0.4, -0.2) is 47.0 Å². The highest BCUT2D eigenvalue weighted by Gasteiger charge is 2.14. The Bertz CT molecular complexity index is 445. The number of likely N-dealkylation sites (N-methyl/N-ethyl adjacent to an activating group) is 1. The second-order valence-electron chi connectivity index (χ2n) is 4.28. The van der Waals surface area contributed by atoms with Gasteiger partial charge >= 0.3 is 0 Å². The van der Waals surface area contributed by atoms with E-state index < -0.39 is 11.0 Å². The van der Waals surface area contributed by atoms with E-state index in [0.717, 1.165) is 0 Å². The first kappa shape index (κ1) is 14.3. The van der Waals surface area contributed by atoms with Crippen LogP contribution in [0.25, 0.3) is 0 Å². The third-order valence-electron chi connectivity index (χ3n) is 2.37. The number of nitrogens with zero attached hydrogens (tertiary/aromatic N) is 2. The number of hydrogen-bond acceptors (Lipinski definition) is 5. The average Bonchev–Trinajstić information content (AvgIpc) is 2.27.